The van der Waals surface area contributed by atoms with E-state index in [9.17, 15) is 0 Å². The zero-order valence-corrected chi connectivity index (χ0v) is 7.73. The lowest BCUT2D eigenvalue weighted by Crippen LogP contribution is -1.90. The summed E-state index contributed by atoms with van der Waals surface area (Å²) >= 11 is 5.92. The minimum Gasteiger partial charge on any atom is -0.255 e. The molecule has 4 nitrogen and oxygen atoms in total. The summed E-state index contributed by atoms with van der Waals surface area (Å²) in [6.45, 7) is 0. The first-order chi connectivity index (χ1) is 6.27. The summed E-state index contributed by atoms with van der Waals surface area (Å²) in [4.78, 5) is 8.14. The Morgan fingerprint density at radius 2 is 2.23 bits per heavy atom. The van der Waals surface area contributed by atoms with Crippen LogP contribution in [0.5, 0.6) is 0 Å². The van der Waals surface area contributed by atoms with Crippen molar-refractivity contribution in [2.75, 3.05) is 0 Å². The molecule has 2 rings (SSSR count). The Morgan fingerprint density at radius 3 is 2.85 bits per heavy atom. The van der Waals surface area contributed by atoms with E-state index in [1.807, 2.05) is 0 Å². The van der Waals surface area contributed by atoms with E-state index in [2.05, 4.69) is 15.1 Å². The van der Waals surface area contributed by atoms with Crippen LogP contribution in [-0.4, -0.2) is 19.7 Å². The number of rotatable bonds is 1. The van der Waals surface area contributed by atoms with E-state index in [1.165, 1.54) is 0 Å². The van der Waals surface area contributed by atoms with E-state index < -0.39 is 0 Å². The van der Waals surface area contributed by atoms with Gasteiger partial charge in [-0.05, 0) is 12.1 Å². The lowest BCUT2D eigenvalue weighted by Gasteiger charge is -1.95. The Hall–Kier alpha value is -1.42. The fraction of sp³-hybridized carbons (Fsp3) is 0.125. The molecule has 13 heavy (non-hydrogen) atoms. The lowest BCUT2D eigenvalue weighted by atomic mass is 10.3. The second kappa shape index (κ2) is 3.14. The zero-order valence-electron chi connectivity index (χ0n) is 6.98. The van der Waals surface area contributed by atoms with Gasteiger partial charge in [0.05, 0.1) is 5.02 Å². The summed E-state index contributed by atoms with van der Waals surface area (Å²) in [5, 5.41) is 4.66. The Bertz CT molecular complexity index is 424. The van der Waals surface area contributed by atoms with Gasteiger partial charge in [0.25, 0.3) is 0 Å². The first-order valence-electron chi connectivity index (χ1n) is 3.74. The summed E-state index contributed by atoms with van der Waals surface area (Å²) in [7, 11) is 1.80. The van der Waals surface area contributed by atoms with Crippen molar-refractivity contribution in [2.24, 2.45) is 7.05 Å². The van der Waals surface area contributed by atoms with Crippen LogP contribution in [0.4, 0.5) is 0 Å². The third-order valence-electron chi connectivity index (χ3n) is 1.57. The van der Waals surface area contributed by atoms with Crippen LogP contribution in [-0.2, 0) is 7.05 Å². The van der Waals surface area contributed by atoms with Crippen LogP contribution >= 0.6 is 11.6 Å². The summed E-state index contributed by atoms with van der Waals surface area (Å²) in [6, 6.07) is 3.54. The lowest BCUT2D eigenvalue weighted by molar-refractivity contribution is 0.767. The van der Waals surface area contributed by atoms with Crippen molar-refractivity contribution in [1.82, 2.24) is 19.7 Å². The van der Waals surface area contributed by atoms with Crippen molar-refractivity contribution in [3.8, 4) is 11.5 Å². The van der Waals surface area contributed by atoms with Gasteiger partial charge in [0.15, 0.2) is 0 Å². The molecule has 0 saturated carbocycles. The maximum Gasteiger partial charge on any atom is 0.201 e. The molecule has 66 valence electrons. The smallest absolute Gasteiger partial charge is 0.201 e. The van der Waals surface area contributed by atoms with Crippen LogP contribution in [0.2, 0.25) is 5.02 Å². The van der Waals surface area contributed by atoms with Gasteiger partial charge in [0.2, 0.25) is 5.82 Å². The number of aryl methyl sites for hydroxylation is 1. The van der Waals surface area contributed by atoms with Crippen molar-refractivity contribution < 1.29 is 0 Å². The summed E-state index contributed by atoms with van der Waals surface area (Å²) < 4.78 is 1.61. The van der Waals surface area contributed by atoms with Gasteiger partial charge in [0.1, 0.15) is 12.0 Å². The number of nitrogens with zero attached hydrogens (tertiary/aromatic N) is 4. The van der Waals surface area contributed by atoms with Gasteiger partial charge in [-0.15, -0.1) is 5.10 Å². The Kier molecular flexibility index (Phi) is 1.98. The van der Waals surface area contributed by atoms with Gasteiger partial charge in [-0.3, -0.25) is 9.67 Å². The predicted molar refractivity (Wildman–Crippen MR) is 49.2 cm³/mol. The largest absolute Gasteiger partial charge is 0.255 e. The molecule has 0 atom stereocenters. The molecule has 0 aliphatic rings. The van der Waals surface area contributed by atoms with Gasteiger partial charge >= 0.3 is 0 Å². The molecule has 5 heteroatoms. The van der Waals surface area contributed by atoms with Crippen molar-refractivity contribution in [2.45, 2.75) is 0 Å². The Labute approximate surface area is 80.2 Å². The quantitative estimate of drug-likeness (QED) is 0.692. The molecular weight excluding hydrogens is 188 g/mol. The van der Waals surface area contributed by atoms with Gasteiger partial charge in [0, 0.05) is 13.2 Å². The van der Waals surface area contributed by atoms with Crippen molar-refractivity contribution in [3.63, 3.8) is 0 Å². The zero-order chi connectivity index (χ0) is 9.26. The molecule has 0 aliphatic heterocycles. The molecule has 0 bridgehead atoms. The molecule has 2 aromatic heterocycles. The van der Waals surface area contributed by atoms with E-state index in [4.69, 9.17) is 11.6 Å². The van der Waals surface area contributed by atoms with E-state index in [0.717, 1.165) is 0 Å². The van der Waals surface area contributed by atoms with Gasteiger partial charge < -0.3 is 0 Å². The summed E-state index contributed by atoms with van der Waals surface area (Å²) in [5.41, 5.74) is 0.616. The number of aromatic nitrogens is 4. The molecular formula is C8H7ClN4. The van der Waals surface area contributed by atoms with Crippen LogP contribution in [0.25, 0.3) is 11.5 Å². The van der Waals surface area contributed by atoms with Crippen molar-refractivity contribution in [3.05, 3.63) is 29.7 Å². The Balaban J connectivity index is 2.52. The van der Waals surface area contributed by atoms with E-state index in [1.54, 1.807) is 36.4 Å². The molecule has 0 unspecified atom stereocenters. The molecule has 0 spiro atoms. The normalized spacial score (nSPS) is 10.3. The van der Waals surface area contributed by atoms with Gasteiger partial charge in [-0.1, -0.05) is 11.6 Å². The third kappa shape index (κ3) is 1.53. The molecule has 0 N–H and O–H groups in total. The Morgan fingerprint density at radius 1 is 1.38 bits per heavy atom. The fourth-order valence-corrected chi connectivity index (χ4v) is 1.20. The van der Waals surface area contributed by atoms with Crippen molar-refractivity contribution >= 4 is 11.6 Å². The van der Waals surface area contributed by atoms with E-state index >= 15 is 0 Å². The van der Waals surface area contributed by atoms with E-state index in [-0.39, 0.29) is 0 Å². The highest BCUT2D eigenvalue weighted by Gasteiger charge is 2.07. The average molecular weight is 195 g/mol. The van der Waals surface area contributed by atoms with Crippen LogP contribution < -0.4 is 0 Å². The van der Waals surface area contributed by atoms with Crippen LogP contribution in [0.15, 0.2) is 24.7 Å². The molecule has 0 aliphatic carbocycles. The number of hydrogen-bond acceptors (Lipinski definition) is 3. The summed E-state index contributed by atoms with van der Waals surface area (Å²) in [5.74, 6) is 0.549. The SMILES string of the molecule is Cn1cnc(-c2ncccc2Cl)n1. The van der Waals surface area contributed by atoms with Crippen LogP contribution in [0.3, 0.4) is 0 Å². The van der Waals surface area contributed by atoms with Crippen LogP contribution in [0.1, 0.15) is 0 Å². The minimum atomic E-state index is 0.549. The van der Waals surface area contributed by atoms with Gasteiger partial charge in [-0.25, -0.2) is 4.98 Å². The highest BCUT2D eigenvalue weighted by atomic mass is 35.5. The molecule has 0 amide bonds. The van der Waals surface area contributed by atoms with E-state index in [0.29, 0.717) is 16.5 Å². The number of hydrogen-bond donors (Lipinski definition) is 0. The highest BCUT2D eigenvalue weighted by Crippen LogP contribution is 2.20. The standard InChI is InChI=1S/C8H7ClN4/c1-13-5-11-8(12-13)7-6(9)3-2-4-10-7/h2-5H,1H3. The maximum absolute atomic E-state index is 5.92. The minimum absolute atomic E-state index is 0.549. The average Bonchev–Trinajstić information content (AvgIpc) is 2.53. The number of pyridine rings is 1. The maximum atomic E-state index is 5.92. The molecule has 2 aromatic rings. The monoisotopic (exact) mass is 194 g/mol. The molecule has 0 radical (unpaired) electrons. The molecule has 2 heterocycles. The molecule has 0 fully saturated rings. The fourth-order valence-electron chi connectivity index (χ4n) is 0.998. The highest BCUT2D eigenvalue weighted by molar-refractivity contribution is 6.32. The predicted octanol–water partition coefficient (Wildman–Crippen LogP) is 1.53. The second-order valence-corrected chi connectivity index (χ2v) is 2.98. The molecule has 0 saturated heterocycles. The number of halogens is 1. The third-order valence-corrected chi connectivity index (χ3v) is 1.87. The topological polar surface area (TPSA) is 43.6 Å². The first-order valence-corrected chi connectivity index (χ1v) is 4.11. The summed E-state index contributed by atoms with van der Waals surface area (Å²) in [6.07, 6.45) is 3.28. The van der Waals surface area contributed by atoms with Gasteiger partial charge in [-0.2, -0.15) is 0 Å². The second-order valence-electron chi connectivity index (χ2n) is 2.58. The first kappa shape index (κ1) is 8.19. The van der Waals surface area contributed by atoms with Crippen LogP contribution in [0, 0.1) is 0 Å². The molecule has 0 aromatic carbocycles. The van der Waals surface area contributed by atoms with Crippen molar-refractivity contribution in [1.29, 1.82) is 0 Å².